The van der Waals surface area contributed by atoms with Gasteiger partial charge in [0.15, 0.2) is 5.78 Å². The average Bonchev–Trinajstić information content (AvgIpc) is 2.67. The lowest BCUT2D eigenvalue weighted by Gasteiger charge is -2.27. The number of carbonyl (C=O) groups is 2. The van der Waals surface area contributed by atoms with Crippen molar-refractivity contribution in [3.8, 4) is 0 Å². The second-order valence-electron chi connectivity index (χ2n) is 8.08. The first-order valence-electron chi connectivity index (χ1n) is 10.8. The van der Waals surface area contributed by atoms with Crippen LogP contribution in [-0.4, -0.2) is 11.6 Å². The Hall–Kier alpha value is -1.44. The van der Waals surface area contributed by atoms with Gasteiger partial charge in [-0.1, -0.05) is 69.7 Å². The largest absolute Gasteiger partial charge is 0.300 e. The van der Waals surface area contributed by atoms with Gasteiger partial charge in [-0.25, -0.2) is 0 Å². The molecule has 1 aliphatic carbocycles. The van der Waals surface area contributed by atoms with Gasteiger partial charge in [-0.15, -0.1) is 0 Å². The lowest BCUT2D eigenvalue weighted by Crippen LogP contribution is -2.18. The SMILES string of the molecule is CCCCCCCCCC(=O)c1ccc(C2CCC(C(C)=O)CC2)cc1. The lowest BCUT2D eigenvalue weighted by atomic mass is 9.77. The normalized spacial score (nSPS) is 20.1. The zero-order valence-electron chi connectivity index (χ0n) is 16.8. The summed E-state index contributed by atoms with van der Waals surface area (Å²) >= 11 is 0. The third kappa shape index (κ3) is 6.70. The Morgan fingerprint density at radius 1 is 0.846 bits per heavy atom. The van der Waals surface area contributed by atoms with E-state index in [1.54, 1.807) is 6.92 Å². The van der Waals surface area contributed by atoms with Crippen molar-refractivity contribution in [2.75, 3.05) is 0 Å². The quantitative estimate of drug-likeness (QED) is 0.320. The summed E-state index contributed by atoms with van der Waals surface area (Å²) in [4.78, 5) is 23.8. The van der Waals surface area contributed by atoms with Crippen LogP contribution in [-0.2, 0) is 4.79 Å². The second kappa shape index (κ2) is 11.3. The first kappa shape index (κ1) is 20.9. The van der Waals surface area contributed by atoms with Gasteiger partial charge in [-0.3, -0.25) is 9.59 Å². The minimum absolute atomic E-state index is 0.272. The van der Waals surface area contributed by atoms with Gasteiger partial charge in [0, 0.05) is 17.9 Å². The van der Waals surface area contributed by atoms with Crippen LogP contribution < -0.4 is 0 Å². The molecule has 0 bridgehead atoms. The fourth-order valence-electron chi connectivity index (χ4n) is 4.16. The van der Waals surface area contributed by atoms with Gasteiger partial charge >= 0.3 is 0 Å². The van der Waals surface area contributed by atoms with E-state index in [2.05, 4.69) is 19.1 Å². The van der Waals surface area contributed by atoms with E-state index in [1.807, 2.05) is 12.1 Å². The Kier molecular flexibility index (Phi) is 9.08. The lowest BCUT2D eigenvalue weighted by molar-refractivity contribution is -0.121. The van der Waals surface area contributed by atoms with Gasteiger partial charge in [0.25, 0.3) is 0 Å². The maximum atomic E-state index is 12.3. The van der Waals surface area contributed by atoms with Crippen molar-refractivity contribution < 1.29 is 9.59 Å². The zero-order chi connectivity index (χ0) is 18.8. The molecule has 0 N–H and O–H groups in total. The fourth-order valence-corrected chi connectivity index (χ4v) is 4.16. The highest BCUT2D eigenvalue weighted by Crippen LogP contribution is 2.36. The summed E-state index contributed by atoms with van der Waals surface area (Å²) in [7, 11) is 0. The first-order valence-corrected chi connectivity index (χ1v) is 10.8. The Morgan fingerprint density at radius 3 is 2.00 bits per heavy atom. The van der Waals surface area contributed by atoms with E-state index < -0.39 is 0 Å². The van der Waals surface area contributed by atoms with Crippen molar-refractivity contribution in [1.82, 2.24) is 0 Å². The van der Waals surface area contributed by atoms with Crippen LogP contribution in [0.4, 0.5) is 0 Å². The van der Waals surface area contributed by atoms with Gasteiger partial charge in [0.05, 0.1) is 0 Å². The van der Waals surface area contributed by atoms with Crippen LogP contribution in [0.5, 0.6) is 0 Å². The van der Waals surface area contributed by atoms with Crippen molar-refractivity contribution in [3.63, 3.8) is 0 Å². The van der Waals surface area contributed by atoms with Gasteiger partial charge in [-0.2, -0.15) is 0 Å². The topological polar surface area (TPSA) is 34.1 Å². The first-order chi connectivity index (χ1) is 12.6. The van der Waals surface area contributed by atoms with Gasteiger partial charge < -0.3 is 0 Å². The Labute approximate surface area is 159 Å². The number of hydrogen-bond donors (Lipinski definition) is 0. The molecule has 2 rings (SSSR count). The van der Waals surface area contributed by atoms with Crippen LogP contribution in [0.25, 0.3) is 0 Å². The van der Waals surface area contributed by atoms with E-state index >= 15 is 0 Å². The number of Topliss-reactive ketones (excluding diaryl/α,β-unsaturated/α-hetero) is 2. The van der Waals surface area contributed by atoms with Crippen LogP contribution in [0, 0.1) is 5.92 Å². The minimum Gasteiger partial charge on any atom is -0.300 e. The van der Waals surface area contributed by atoms with E-state index in [0.717, 1.165) is 37.7 Å². The zero-order valence-corrected chi connectivity index (χ0v) is 16.8. The molecule has 0 amide bonds. The van der Waals surface area contributed by atoms with Crippen LogP contribution in [0.3, 0.4) is 0 Å². The predicted molar refractivity (Wildman–Crippen MR) is 109 cm³/mol. The summed E-state index contributed by atoms with van der Waals surface area (Å²) in [6.45, 7) is 3.96. The second-order valence-corrected chi connectivity index (χ2v) is 8.08. The number of benzene rings is 1. The summed E-state index contributed by atoms with van der Waals surface area (Å²) in [5, 5.41) is 0. The number of carbonyl (C=O) groups excluding carboxylic acids is 2. The molecule has 1 aliphatic rings. The number of unbranched alkanes of at least 4 members (excludes halogenated alkanes) is 6. The van der Waals surface area contributed by atoms with E-state index in [0.29, 0.717) is 18.1 Å². The van der Waals surface area contributed by atoms with Crippen LogP contribution in [0.1, 0.15) is 113 Å². The molecule has 26 heavy (non-hydrogen) atoms. The van der Waals surface area contributed by atoms with Gasteiger partial charge in [0.1, 0.15) is 5.78 Å². The van der Waals surface area contributed by atoms with Crippen molar-refractivity contribution in [3.05, 3.63) is 35.4 Å². The summed E-state index contributed by atoms with van der Waals surface area (Å²) < 4.78 is 0. The Morgan fingerprint density at radius 2 is 1.42 bits per heavy atom. The molecule has 0 aromatic heterocycles. The minimum atomic E-state index is 0.272. The number of ketones is 2. The molecule has 0 spiro atoms. The molecule has 0 atom stereocenters. The smallest absolute Gasteiger partial charge is 0.162 e. The van der Waals surface area contributed by atoms with Gasteiger partial charge in [-0.05, 0) is 50.5 Å². The molecule has 2 nitrogen and oxygen atoms in total. The molecule has 144 valence electrons. The number of hydrogen-bond acceptors (Lipinski definition) is 2. The maximum Gasteiger partial charge on any atom is 0.162 e. The molecule has 0 aliphatic heterocycles. The van der Waals surface area contributed by atoms with Crippen molar-refractivity contribution in [1.29, 1.82) is 0 Å². The molecule has 1 saturated carbocycles. The number of rotatable bonds is 11. The molecule has 0 radical (unpaired) electrons. The highest BCUT2D eigenvalue weighted by atomic mass is 16.1. The third-order valence-corrected chi connectivity index (χ3v) is 6.01. The Bertz CT molecular complexity index is 550. The van der Waals surface area contributed by atoms with Crippen molar-refractivity contribution in [2.24, 2.45) is 5.92 Å². The fraction of sp³-hybridized carbons (Fsp3) is 0.667. The summed E-state index contributed by atoms with van der Waals surface area (Å²) in [5.41, 5.74) is 2.19. The van der Waals surface area contributed by atoms with Gasteiger partial charge in [0.2, 0.25) is 0 Å². The Balaban J connectivity index is 1.71. The standard InChI is InChI=1S/C24H36O2/c1-3-4-5-6-7-8-9-10-24(26)23-17-15-22(16-18-23)21-13-11-20(12-14-21)19(2)25/h15-18,20-21H,3-14H2,1-2H3. The summed E-state index contributed by atoms with van der Waals surface area (Å²) in [5.74, 6) is 1.45. The van der Waals surface area contributed by atoms with E-state index in [9.17, 15) is 9.59 Å². The molecule has 2 heteroatoms. The van der Waals surface area contributed by atoms with Crippen molar-refractivity contribution >= 4 is 11.6 Å². The highest BCUT2D eigenvalue weighted by molar-refractivity contribution is 5.96. The predicted octanol–water partition coefficient (Wildman–Crippen LogP) is 6.87. The summed E-state index contributed by atoms with van der Waals surface area (Å²) in [6, 6.07) is 8.29. The highest BCUT2D eigenvalue weighted by Gasteiger charge is 2.24. The average molecular weight is 357 g/mol. The summed E-state index contributed by atoms with van der Waals surface area (Å²) in [6.07, 6.45) is 13.6. The van der Waals surface area contributed by atoms with Crippen LogP contribution in [0.15, 0.2) is 24.3 Å². The monoisotopic (exact) mass is 356 g/mol. The maximum absolute atomic E-state index is 12.3. The van der Waals surface area contributed by atoms with E-state index in [-0.39, 0.29) is 11.7 Å². The molecule has 0 heterocycles. The molecule has 1 aromatic rings. The van der Waals surface area contributed by atoms with Crippen molar-refractivity contribution in [2.45, 2.75) is 96.8 Å². The van der Waals surface area contributed by atoms with Crippen LogP contribution in [0.2, 0.25) is 0 Å². The van der Waals surface area contributed by atoms with E-state index in [1.165, 1.54) is 44.1 Å². The molecular weight excluding hydrogens is 320 g/mol. The molecule has 1 aromatic carbocycles. The molecule has 0 saturated heterocycles. The van der Waals surface area contributed by atoms with Crippen LogP contribution >= 0.6 is 0 Å². The molecule has 0 unspecified atom stereocenters. The molecular formula is C24H36O2. The third-order valence-electron chi connectivity index (χ3n) is 6.01. The van der Waals surface area contributed by atoms with E-state index in [4.69, 9.17) is 0 Å². The molecule has 1 fully saturated rings.